The number of nitrogens with zero attached hydrogens (tertiary/aromatic N) is 2. The van der Waals surface area contributed by atoms with Crippen LogP contribution in [-0.2, 0) is 9.53 Å². The van der Waals surface area contributed by atoms with Crippen LogP contribution >= 0.6 is 34.9 Å². The maximum absolute atomic E-state index is 13.2. The molecule has 0 aliphatic rings. The molecule has 1 unspecified atom stereocenters. The lowest BCUT2D eigenvalue weighted by Gasteiger charge is -2.03. The van der Waals surface area contributed by atoms with Gasteiger partial charge in [0.15, 0.2) is 8.68 Å². The summed E-state index contributed by atoms with van der Waals surface area (Å²) in [7, 11) is 0. The lowest BCUT2D eigenvalue weighted by Crippen LogP contribution is -2.15. The van der Waals surface area contributed by atoms with E-state index in [1.807, 2.05) is 6.26 Å². The lowest BCUT2D eigenvalue weighted by atomic mass is 10.7. The molecule has 0 spiro atoms. The summed E-state index contributed by atoms with van der Waals surface area (Å²) >= 11 is 3.40. The molecule has 84 valence electrons. The topological polar surface area (TPSA) is 52.1 Å². The first-order valence-electron chi connectivity index (χ1n) is 4.02. The van der Waals surface area contributed by atoms with Crippen LogP contribution < -0.4 is 0 Å². The Kier molecular flexibility index (Phi) is 5.34. The van der Waals surface area contributed by atoms with E-state index in [-0.39, 0.29) is 6.61 Å². The smallest absolute Gasteiger partial charge is 0.351 e. The average molecular weight is 268 g/mol. The van der Waals surface area contributed by atoms with Crippen molar-refractivity contribution < 1.29 is 13.9 Å². The Morgan fingerprint density at radius 3 is 2.80 bits per heavy atom. The van der Waals surface area contributed by atoms with Crippen LogP contribution in [0.4, 0.5) is 4.39 Å². The third kappa shape index (κ3) is 3.96. The van der Waals surface area contributed by atoms with Gasteiger partial charge in [-0.15, -0.1) is 10.2 Å². The van der Waals surface area contributed by atoms with Crippen molar-refractivity contribution in [2.24, 2.45) is 0 Å². The molecule has 0 saturated carbocycles. The summed E-state index contributed by atoms with van der Waals surface area (Å²) in [5.74, 6) is -0.872. The van der Waals surface area contributed by atoms with Crippen LogP contribution in [0, 0.1) is 0 Å². The van der Waals surface area contributed by atoms with E-state index in [1.165, 1.54) is 23.1 Å². The lowest BCUT2D eigenvalue weighted by molar-refractivity contribution is -0.145. The molecule has 0 radical (unpaired) electrons. The Balaban J connectivity index is 2.50. The molecule has 15 heavy (non-hydrogen) atoms. The Bertz CT molecular complexity index is 334. The van der Waals surface area contributed by atoms with E-state index in [9.17, 15) is 9.18 Å². The minimum Gasteiger partial charge on any atom is -0.463 e. The first-order valence-corrected chi connectivity index (χ1v) is 6.94. The second-order valence-corrected chi connectivity index (χ2v) is 5.55. The predicted molar refractivity (Wildman–Crippen MR) is 59.1 cm³/mol. The van der Waals surface area contributed by atoms with Crippen LogP contribution in [0.3, 0.4) is 0 Å². The number of halogens is 1. The number of carbonyl (C=O) groups excluding carboxylic acids is 1. The van der Waals surface area contributed by atoms with Gasteiger partial charge in [0.2, 0.25) is 5.50 Å². The van der Waals surface area contributed by atoms with Gasteiger partial charge in [-0.1, -0.05) is 23.1 Å². The molecule has 1 rings (SSSR count). The summed E-state index contributed by atoms with van der Waals surface area (Å²) in [6.45, 7) is 1.80. The van der Waals surface area contributed by atoms with Gasteiger partial charge in [0.05, 0.1) is 6.61 Å². The van der Waals surface area contributed by atoms with Crippen molar-refractivity contribution in [1.29, 1.82) is 0 Å². The first-order chi connectivity index (χ1) is 7.17. The van der Waals surface area contributed by atoms with Gasteiger partial charge in [-0.05, 0) is 24.9 Å². The van der Waals surface area contributed by atoms with Crippen LogP contribution in [0.2, 0.25) is 0 Å². The van der Waals surface area contributed by atoms with Gasteiger partial charge in [0, 0.05) is 0 Å². The van der Waals surface area contributed by atoms with E-state index in [4.69, 9.17) is 0 Å². The van der Waals surface area contributed by atoms with Crippen molar-refractivity contribution in [3.05, 3.63) is 0 Å². The minimum absolute atomic E-state index is 0.173. The van der Waals surface area contributed by atoms with Gasteiger partial charge >= 0.3 is 5.97 Å². The molecule has 1 atom stereocenters. The van der Waals surface area contributed by atoms with E-state index in [2.05, 4.69) is 14.9 Å². The van der Waals surface area contributed by atoms with Gasteiger partial charge in [0.1, 0.15) is 0 Å². The van der Waals surface area contributed by atoms with Crippen LogP contribution in [0.1, 0.15) is 6.92 Å². The molecule has 0 saturated heterocycles. The highest BCUT2D eigenvalue weighted by molar-refractivity contribution is 8.03. The monoisotopic (exact) mass is 268 g/mol. The van der Waals surface area contributed by atoms with E-state index >= 15 is 0 Å². The third-order valence-corrected chi connectivity index (χ3v) is 4.15. The number of ether oxygens (including phenoxy) is 1. The van der Waals surface area contributed by atoms with Crippen LogP contribution in [-0.4, -0.2) is 34.5 Å². The van der Waals surface area contributed by atoms with E-state index < -0.39 is 11.5 Å². The molecule has 1 heterocycles. The quantitative estimate of drug-likeness (QED) is 0.603. The van der Waals surface area contributed by atoms with Crippen molar-refractivity contribution in [2.75, 3.05) is 12.9 Å². The standard InChI is InChI=1S/C7H9FN2O2S3/c1-3-12-5(11)4(8)14-7-10-9-6(13-2)15-7/h4H,3H2,1-2H3. The number of carbonyl (C=O) groups is 1. The molecule has 0 aliphatic carbocycles. The normalized spacial score (nSPS) is 12.5. The zero-order valence-corrected chi connectivity index (χ0v) is 10.5. The van der Waals surface area contributed by atoms with Crippen molar-refractivity contribution in [3.63, 3.8) is 0 Å². The Morgan fingerprint density at radius 2 is 2.27 bits per heavy atom. The largest absolute Gasteiger partial charge is 0.463 e. The summed E-state index contributed by atoms with van der Waals surface area (Å²) in [5, 5.41) is 7.52. The molecule has 8 heteroatoms. The van der Waals surface area contributed by atoms with Crippen molar-refractivity contribution >= 4 is 40.8 Å². The average Bonchev–Trinajstić information content (AvgIpc) is 2.66. The van der Waals surface area contributed by atoms with Crippen LogP contribution in [0.25, 0.3) is 0 Å². The molecule has 1 aromatic rings. The highest BCUT2D eigenvalue weighted by Gasteiger charge is 2.22. The molecule has 0 aliphatic heterocycles. The van der Waals surface area contributed by atoms with E-state index in [0.717, 1.165) is 16.1 Å². The van der Waals surface area contributed by atoms with E-state index in [1.54, 1.807) is 6.92 Å². The fraction of sp³-hybridized carbons (Fsp3) is 0.571. The fourth-order valence-electron chi connectivity index (χ4n) is 0.672. The van der Waals surface area contributed by atoms with Crippen molar-refractivity contribution in [1.82, 2.24) is 10.2 Å². The molecule has 0 fully saturated rings. The minimum atomic E-state index is -1.73. The van der Waals surface area contributed by atoms with Gasteiger partial charge in [-0.25, -0.2) is 9.18 Å². The summed E-state index contributed by atoms with van der Waals surface area (Å²) in [4.78, 5) is 11.0. The van der Waals surface area contributed by atoms with Gasteiger partial charge in [-0.3, -0.25) is 0 Å². The highest BCUT2D eigenvalue weighted by Crippen LogP contribution is 2.31. The van der Waals surface area contributed by atoms with Gasteiger partial charge in [0.25, 0.3) is 0 Å². The number of hydrogen-bond acceptors (Lipinski definition) is 7. The molecule has 0 aromatic carbocycles. The number of rotatable bonds is 5. The van der Waals surface area contributed by atoms with Crippen molar-refractivity contribution in [3.8, 4) is 0 Å². The van der Waals surface area contributed by atoms with Crippen LogP contribution in [0.5, 0.6) is 0 Å². The fourth-order valence-corrected chi connectivity index (χ4v) is 2.95. The Hall–Kier alpha value is -0.340. The van der Waals surface area contributed by atoms with Crippen LogP contribution in [0.15, 0.2) is 8.68 Å². The van der Waals surface area contributed by atoms with Gasteiger partial charge in [-0.2, -0.15) is 0 Å². The number of hydrogen-bond donors (Lipinski definition) is 0. The molecular weight excluding hydrogens is 259 g/mol. The molecule has 0 bridgehead atoms. The maximum Gasteiger partial charge on any atom is 0.351 e. The molecule has 1 aromatic heterocycles. The van der Waals surface area contributed by atoms with Gasteiger partial charge < -0.3 is 4.74 Å². The Morgan fingerprint density at radius 1 is 1.60 bits per heavy atom. The number of esters is 1. The summed E-state index contributed by atoms with van der Waals surface area (Å²) < 4.78 is 18.9. The van der Waals surface area contributed by atoms with Crippen molar-refractivity contribution in [2.45, 2.75) is 21.1 Å². The molecule has 4 nitrogen and oxygen atoms in total. The van der Waals surface area contributed by atoms with E-state index in [0.29, 0.717) is 4.34 Å². The molecular formula is C7H9FN2O2S3. The summed E-state index contributed by atoms with van der Waals surface area (Å²) in [6.07, 6.45) is 1.85. The zero-order chi connectivity index (χ0) is 11.3. The Labute approximate surface area is 99.0 Å². The number of thioether (sulfide) groups is 2. The summed E-state index contributed by atoms with van der Waals surface area (Å²) in [5.41, 5.74) is -1.73. The maximum atomic E-state index is 13.2. The highest BCUT2D eigenvalue weighted by atomic mass is 32.2. The molecule has 0 amide bonds. The second-order valence-electron chi connectivity index (χ2n) is 2.22. The molecule has 0 N–H and O–H groups in total. The summed E-state index contributed by atoms with van der Waals surface area (Å²) in [6, 6.07) is 0. The number of alkyl halides is 1. The predicted octanol–water partition coefficient (Wildman–Crippen LogP) is 2.21. The second kappa shape index (κ2) is 6.29. The number of aromatic nitrogens is 2. The first kappa shape index (κ1) is 12.7. The third-order valence-electron chi connectivity index (χ3n) is 1.24. The zero-order valence-electron chi connectivity index (χ0n) is 8.10. The SMILES string of the molecule is CCOC(=O)C(F)Sc1nnc(SC)s1.